The molecule has 0 amide bonds. The van der Waals surface area contributed by atoms with Gasteiger partial charge in [0.15, 0.2) is 0 Å². The summed E-state index contributed by atoms with van der Waals surface area (Å²) < 4.78 is 32.2. The molecule has 100 valence electrons. The van der Waals surface area contributed by atoms with Gasteiger partial charge in [-0.2, -0.15) is 0 Å². The summed E-state index contributed by atoms with van der Waals surface area (Å²) in [7, 11) is 0. The number of piperidine rings is 1. The van der Waals surface area contributed by atoms with Crippen molar-refractivity contribution in [3.63, 3.8) is 0 Å². The van der Waals surface area contributed by atoms with E-state index in [-0.39, 0.29) is 19.4 Å². The minimum atomic E-state index is -2.76. The number of hydrogen-bond donors (Lipinski definition) is 1. The van der Waals surface area contributed by atoms with Crippen LogP contribution in [0, 0.1) is 5.92 Å². The molecule has 1 saturated heterocycles. The van der Waals surface area contributed by atoms with Crippen LogP contribution in [0.5, 0.6) is 0 Å². The molecule has 1 N–H and O–H groups in total. The predicted octanol–water partition coefficient (Wildman–Crippen LogP) is 2.35. The van der Waals surface area contributed by atoms with Gasteiger partial charge in [0.05, 0.1) is 6.42 Å². The molecule has 0 aromatic heterocycles. The van der Waals surface area contributed by atoms with Crippen molar-refractivity contribution in [3.8, 4) is 0 Å². The van der Waals surface area contributed by atoms with E-state index >= 15 is 0 Å². The van der Waals surface area contributed by atoms with Crippen LogP contribution in [-0.2, 0) is 9.53 Å². The van der Waals surface area contributed by atoms with Gasteiger partial charge in [0.2, 0.25) is 0 Å². The SMILES string of the molecule is CCC(C)(C)OC(=O)CC1CNCCC1(F)F. The molecule has 1 fully saturated rings. The third kappa shape index (κ3) is 4.22. The highest BCUT2D eigenvalue weighted by Crippen LogP contribution is 2.33. The minimum absolute atomic E-state index is 0.175. The van der Waals surface area contributed by atoms with Crippen molar-refractivity contribution in [3.05, 3.63) is 0 Å². The first-order valence-electron chi connectivity index (χ1n) is 6.07. The minimum Gasteiger partial charge on any atom is -0.460 e. The fourth-order valence-corrected chi connectivity index (χ4v) is 1.73. The van der Waals surface area contributed by atoms with Crippen molar-refractivity contribution < 1.29 is 18.3 Å². The number of carbonyl (C=O) groups is 1. The summed E-state index contributed by atoms with van der Waals surface area (Å²) in [5, 5.41) is 2.88. The van der Waals surface area contributed by atoms with Crippen LogP contribution in [-0.4, -0.2) is 30.6 Å². The molecule has 5 heteroatoms. The number of ether oxygens (including phenoxy) is 1. The van der Waals surface area contributed by atoms with Gasteiger partial charge >= 0.3 is 5.97 Å². The van der Waals surface area contributed by atoms with Crippen molar-refractivity contribution in [2.45, 2.75) is 51.6 Å². The van der Waals surface area contributed by atoms with Gasteiger partial charge < -0.3 is 10.1 Å². The fraction of sp³-hybridized carbons (Fsp3) is 0.917. The topological polar surface area (TPSA) is 38.3 Å². The molecule has 0 bridgehead atoms. The van der Waals surface area contributed by atoms with E-state index in [0.717, 1.165) is 0 Å². The smallest absolute Gasteiger partial charge is 0.306 e. The van der Waals surface area contributed by atoms with Gasteiger partial charge in [0.25, 0.3) is 5.92 Å². The summed E-state index contributed by atoms with van der Waals surface area (Å²) in [5.74, 6) is -4.25. The number of alkyl halides is 2. The molecule has 17 heavy (non-hydrogen) atoms. The second kappa shape index (κ2) is 5.29. The zero-order chi connectivity index (χ0) is 13.1. The average Bonchev–Trinajstić information content (AvgIpc) is 2.20. The van der Waals surface area contributed by atoms with Crippen LogP contribution in [0.25, 0.3) is 0 Å². The maximum atomic E-state index is 13.5. The van der Waals surface area contributed by atoms with Crippen LogP contribution < -0.4 is 5.32 Å². The number of esters is 1. The van der Waals surface area contributed by atoms with E-state index in [1.807, 2.05) is 6.92 Å². The first-order chi connectivity index (χ1) is 7.77. The van der Waals surface area contributed by atoms with Gasteiger partial charge in [-0.1, -0.05) is 6.92 Å². The van der Waals surface area contributed by atoms with Crippen LogP contribution in [0.2, 0.25) is 0 Å². The lowest BCUT2D eigenvalue weighted by Crippen LogP contribution is -2.46. The predicted molar refractivity (Wildman–Crippen MR) is 61.0 cm³/mol. The zero-order valence-electron chi connectivity index (χ0n) is 10.7. The highest BCUT2D eigenvalue weighted by Gasteiger charge is 2.43. The Morgan fingerprint density at radius 1 is 1.53 bits per heavy atom. The maximum Gasteiger partial charge on any atom is 0.306 e. The molecule has 0 aliphatic carbocycles. The molecule has 0 radical (unpaired) electrons. The van der Waals surface area contributed by atoms with Gasteiger partial charge in [0, 0.05) is 25.4 Å². The number of halogens is 2. The summed E-state index contributed by atoms with van der Waals surface area (Å²) in [6.07, 6.45) is 0.240. The summed E-state index contributed by atoms with van der Waals surface area (Å²) in [6.45, 7) is 5.93. The monoisotopic (exact) mass is 249 g/mol. The van der Waals surface area contributed by atoms with Crippen molar-refractivity contribution in [2.75, 3.05) is 13.1 Å². The highest BCUT2D eigenvalue weighted by atomic mass is 19.3. The lowest BCUT2D eigenvalue weighted by molar-refractivity contribution is -0.163. The first-order valence-corrected chi connectivity index (χ1v) is 6.07. The Balaban J connectivity index is 2.50. The summed E-state index contributed by atoms with van der Waals surface area (Å²) in [4.78, 5) is 11.6. The van der Waals surface area contributed by atoms with Crippen LogP contribution in [0.15, 0.2) is 0 Å². The number of rotatable bonds is 4. The molecular weight excluding hydrogens is 228 g/mol. The Hall–Kier alpha value is -0.710. The summed E-state index contributed by atoms with van der Waals surface area (Å²) in [5.41, 5.74) is -0.575. The molecule has 3 nitrogen and oxygen atoms in total. The van der Waals surface area contributed by atoms with Crippen molar-refractivity contribution in [2.24, 2.45) is 5.92 Å². The van der Waals surface area contributed by atoms with Gasteiger partial charge in [-0.25, -0.2) is 8.78 Å². The molecule has 1 aliphatic heterocycles. The quantitative estimate of drug-likeness (QED) is 0.777. The van der Waals surface area contributed by atoms with E-state index < -0.39 is 23.4 Å². The van der Waals surface area contributed by atoms with E-state index in [2.05, 4.69) is 5.32 Å². The third-order valence-electron chi connectivity index (χ3n) is 3.28. The lowest BCUT2D eigenvalue weighted by atomic mass is 9.92. The number of hydrogen-bond acceptors (Lipinski definition) is 3. The van der Waals surface area contributed by atoms with Crippen LogP contribution in [0.1, 0.15) is 40.0 Å². The zero-order valence-corrected chi connectivity index (χ0v) is 10.7. The Morgan fingerprint density at radius 3 is 2.71 bits per heavy atom. The first kappa shape index (κ1) is 14.4. The number of carbonyl (C=O) groups excluding carboxylic acids is 1. The Bertz CT molecular complexity index is 280. The summed E-state index contributed by atoms with van der Waals surface area (Å²) >= 11 is 0. The lowest BCUT2D eigenvalue weighted by Gasteiger charge is -2.32. The Kier molecular flexibility index (Phi) is 4.47. The highest BCUT2D eigenvalue weighted by molar-refractivity contribution is 5.70. The second-order valence-corrected chi connectivity index (χ2v) is 5.20. The summed E-state index contributed by atoms with van der Waals surface area (Å²) in [6, 6.07) is 0. The van der Waals surface area contributed by atoms with Crippen molar-refractivity contribution in [1.82, 2.24) is 5.32 Å². The molecule has 1 rings (SSSR count). The molecule has 1 heterocycles. The Morgan fingerprint density at radius 2 is 2.18 bits per heavy atom. The van der Waals surface area contributed by atoms with Crippen LogP contribution in [0.3, 0.4) is 0 Å². The van der Waals surface area contributed by atoms with Crippen LogP contribution >= 0.6 is 0 Å². The Labute approximate surface area is 101 Å². The molecule has 0 aromatic carbocycles. The maximum absolute atomic E-state index is 13.5. The van der Waals surface area contributed by atoms with E-state index in [0.29, 0.717) is 13.0 Å². The molecule has 1 unspecified atom stereocenters. The van der Waals surface area contributed by atoms with E-state index in [4.69, 9.17) is 4.74 Å². The molecule has 0 saturated carbocycles. The average molecular weight is 249 g/mol. The van der Waals surface area contributed by atoms with Gasteiger partial charge in [-0.05, 0) is 20.3 Å². The molecule has 1 atom stereocenters. The molecule has 0 aromatic rings. The van der Waals surface area contributed by atoms with Crippen molar-refractivity contribution >= 4 is 5.97 Å². The molecular formula is C12H21F2NO2. The van der Waals surface area contributed by atoms with E-state index in [9.17, 15) is 13.6 Å². The van der Waals surface area contributed by atoms with Gasteiger partial charge in [-0.3, -0.25) is 4.79 Å². The normalized spacial score (nSPS) is 24.4. The van der Waals surface area contributed by atoms with E-state index in [1.54, 1.807) is 13.8 Å². The molecule has 1 aliphatic rings. The van der Waals surface area contributed by atoms with Crippen molar-refractivity contribution in [1.29, 1.82) is 0 Å². The largest absolute Gasteiger partial charge is 0.460 e. The van der Waals surface area contributed by atoms with Gasteiger partial charge in [0.1, 0.15) is 5.60 Å². The third-order valence-corrected chi connectivity index (χ3v) is 3.28. The van der Waals surface area contributed by atoms with E-state index in [1.165, 1.54) is 0 Å². The number of nitrogens with one attached hydrogen (secondary N) is 1. The van der Waals surface area contributed by atoms with Crippen LogP contribution in [0.4, 0.5) is 8.78 Å². The standard InChI is InChI=1S/C12H21F2NO2/c1-4-11(2,3)17-10(16)7-9-8-15-6-5-12(9,13)14/h9,15H,4-8H2,1-3H3. The molecule has 0 spiro atoms. The fourth-order valence-electron chi connectivity index (χ4n) is 1.73. The second-order valence-electron chi connectivity index (χ2n) is 5.20. The van der Waals surface area contributed by atoms with Gasteiger partial charge in [-0.15, -0.1) is 0 Å².